The molecule has 2 rings (SSSR count). The lowest BCUT2D eigenvalue weighted by molar-refractivity contribution is -0.131. The van der Waals surface area contributed by atoms with Crippen molar-refractivity contribution in [3.05, 3.63) is 53.1 Å². The number of benzene rings is 1. The Morgan fingerprint density at radius 1 is 1.30 bits per heavy atom. The minimum absolute atomic E-state index is 0.00333. The number of hydrogen-bond acceptors (Lipinski definition) is 3. The first-order valence-corrected chi connectivity index (χ1v) is 7.97. The van der Waals surface area contributed by atoms with Gasteiger partial charge in [0.1, 0.15) is 5.82 Å². The maximum atomic E-state index is 12.5. The standard InChI is InChI=1S/C18H25N3O2/c1-13(2)16-6-4-15(5-7-16)10-18(23)21(8-9-22)12-17-11-19-14(3)20-17/h4-7,11,13,22H,8-10,12H2,1-3H3,(H,19,20). The van der Waals surface area contributed by atoms with Gasteiger partial charge < -0.3 is 15.0 Å². The van der Waals surface area contributed by atoms with Crippen LogP contribution in [0.5, 0.6) is 0 Å². The number of nitrogens with one attached hydrogen (secondary N) is 1. The molecule has 1 aromatic carbocycles. The first-order valence-electron chi connectivity index (χ1n) is 7.97. The number of hydrogen-bond donors (Lipinski definition) is 2. The summed E-state index contributed by atoms with van der Waals surface area (Å²) in [5.74, 6) is 1.30. The Morgan fingerprint density at radius 3 is 2.52 bits per heavy atom. The molecule has 124 valence electrons. The van der Waals surface area contributed by atoms with Crippen molar-refractivity contribution in [3.63, 3.8) is 0 Å². The fourth-order valence-electron chi connectivity index (χ4n) is 2.48. The molecule has 0 bridgehead atoms. The Hall–Kier alpha value is -2.14. The highest BCUT2D eigenvalue weighted by Crippen LogP contribution is 2.15. The van der Waals surface area contributed by atoms with E-state index in [0.717, 1.165) is 17.1 Å². The molecule has 2 aromatic rings. The number of carbonyl (C=O) groups excluding carboxylic acids is 1. The number of imidazole rings is 1. The van der Waals surface area contributed by atoms with Crippen LogP contribution < -0.4 is 0 Å². The summed E-state index contributed by atoms with van der Waals surface area (Å²) in [5.41, 5.74) is 3.13. The topological polar surface area (TPSA) is 69.2 Å². The third kappa shape index (κ3) is 4.93. The average Bonchev–Trinajstić information content (AvgIpc) is 2.92. The van der Waals surface area contributed by atoms with Gasteiger partial charge in [-0.1, -0.05) is 38.1 Å². The van der Waals surface area contributed by atoms with Crippen molar-refractivity contribution >= 4 is 5.91 Å². The molecule has 1 heterocycles. The van der Waals surface area contributed by atoms with Gasteiger partial charge >= 0.3 is 0 Å². The summed E-state index contributed by atoms with van der Waals surface area (Å²) in [6.45, 7) is 6.87. The molecular weight excluding hydrogens is 290 g/mol. The zero-order valence-corrected chi connectivity index (χ0v) is 14.0. The van der Waals surface area contributed by atoms with E-state index < -0.39 is 0 Å². The molecule has 23 heavy (non-hydrogen) atoms. The van der Waals surface area contributed by atoms with Gasteiger partial charge in [0, 0.05) is 6.54 Å². The molecule has 0 aliphatic heterocycles. The molecular formula is C18H25N3O2. The van der Waals surface area contributed by atoms with E-state index >= 15 is 0 Å². The molecule has 2 N–H and O–H groups in total. The number of aromatic amines is 1. The van der Waals surface area contributed by atoms with Crippen LogP contribution in [0, 0.1) is 6.92 Å². The number of rotatable bonds is 7. The Kier molecular flexibility index (Phi) is 5.93. The first-order chi connectivity index (χ1) is 11.0. The van der Waals surface area contributed by atoms with Gasteiger partial charge in [0.15, 0.2) is 0 Å². The van der Waals surface area contributed by atoms with Crippen molar-refractivity contribution in [1.82, 2.24) is 14.9 Å². The van der Waals surface area contributed by atoms with Crippen LogP contribution in [0.25, 0.3) is 0 Å². The highest BCUT2D eigenvalue weighted by Gasteiger charge is 2.15. The Balaban J connectivity index is 2.02. The van der Waals surface area contributed by atoms with Crippen molar-refractivity contribution in [2.75, 3.05) is 13.2 Å². The molecule has 0 radical (unpaired) electrons. The fourth-order valence-corrected chi connectivity index (χ4v) is 2.48. The summed E-state index contributed by atoms with van der Waals surface area (Å²) in [6, 6.07) is 8.15. The molecule has 0 spiro atoms. The molecule has 1 amide bonds. The van der Waals surface area contributed by atoms with Crippen molar-refractivity contribution in [3.8, 4) is 0 Å². The van der Waals surface area contributed by atoms with Crippen LogP contribution in [0.1, 0.15) is 42.4 Å². The van der Waals surface area contributed by atoms with Crippen LogP contribution in [-0.4, -0.2) is 39.0 Å². The highest BCUT2D eigenvalue weighted by molar-refractivity contribution is 5.78. The van der Waals surface area contributed by atoms with Crippen LogP contribution >= 0.6 is 0 Å². The molecule has 5 nitrogen and oxygen atoms in total. The van der Waals surface area contributed by atoms with Crippen molar-refractivity contribution < 1.29 is 9.90 Å². The van der Waals surface area contributed by atoms with Crippen LogP contribution in [0.15, 0.2) is 30.5 Å². The maximum Gasteiger partial charge on any atom is 0.227 e. The van der Waals surface area contributed by atoms with E-state index in [1.165, 1.54) is 5.56 Å². The fraction of sp³-hybridized carbons (Fsp3) is 0.444. The smallest absolute Gasteiger partial charge is 0.227 e. The number of aromatic nitrogens is 2. The summed E-state index contributed by atoms with van der Waals surface area (Å²) in [7, 11) is 0. The molecule has 0 aliphatic carbocycles. The van der Waals surface area contributed by atoms with Gasteiger partial charge in [-0.05, 0) is 24.0 Å². The van der Waals surface area contributed by atoms with Gasteiger partial charge in [-0.25, -0.2) is 4.98 Å². The minimum atomic E-state index is -0.0504. The average molecular weight is 315 g/mol. The predicted octanol–water partition coefficient (Wildman–Crippen LogP) is 2.41. The Labute approximate surface area is 137 Å². The van der Waals surface area contributed by atoms with Crippen LogP contribution in [0.3, 0.4) is 0 Å². The van der Waals surface area contributed by atoms with Gasteiger partial charge in [-0.15, -0.1) is 0 Å². The Bertz CT molecular complexity index is 632. The molecule has 0 fully saturated rings. The number of aliphatic hydroxyl groups excluding tert-OH is 1. The van der Waals surface area contributed by atoms with E-state index in [4.69, 9.17) is 0 Å². The van der Waals surface area contributed by atoms with Gasteiger partial charge in [0.05, 0.1) is 31.5 Å². The first kappa shape index (κ1) is 17.2. The molecule has 0 saturated heterocycles. The van der Waals surface area contributed by atoms with Crippen molar-refractivity contribution in [2.24, 2.45) is 0 Å². The van der Waals surface area contributed by atoms with E-state index in [0.29, 0.717) is 25.4 Å². The summed E-state index contributed by atoms with van der Waals surface area (Å²) in [5, 5.41) is 9.21. The predicted molar refractivity (Wildman–Crippen MR) is 90.1 cm³/mol. The van der Waals surface area contributed by atoms with Gasteiger partial charge in [-0.3, -0.25) is 4.79 Å². The van der Waals surface area contributed by atoms with E-state index in [9.17, 15) is 9.90 Å². The summed E-state index contributed by atoms with van der Waals surface area (Å²) in [4.78, 5) is 21.4. The Morgan fingerprint density at radius 2 is 2.00 bits per heavy atom. The maximum absolute atomic E-state index is 12.5. The van der Waals surface area contributed by atoms with Crippen molar-refractivity contribution in [2.45, 2.75) is 39.7 Å². The van der Waals surface area contributed by atoms with E-state index in [-0.39, 0.29) is 12.5 Å². The lowest BCUT2D eigenvalue weighted by Gasteiger charge is -2.21. The lowest BCUT2D eigenvalue weighted by atomic mass is 10.0. The van der Waals surface area contributed by atoms with Crippen LogP contribution in [0.4, 0.5) is 0 Å². The van der Waals surface area contributed by atoms with Gasteiger partial charge in [-0.2, -0.15) is 0 Å². The van der Waals surface area contributed by atoms with E-state index in [1.807, 2.05) is 19.1 Å². The monoisotopic (exact) mass is 315 g/mol. The molecule has 0 unspecified atom stereocenters. The molecule has 1 aromatic heterocycles. The van der Waals surface area contributed by atoms with Crippen molar-refractivity contribution in [1.29, 1.82) is 0 Å². The normalized spacial score (nSPS) is 11.0. The minimum Gasteiger partial charge on any atom is -0.395 e. The largest absolute Gasteiger partial charge is 0.395 e. The zero-order valence-electron chi connectivity index (χ0n) is 14.0. The highest BCUT2D eigenvalue weighted by atomic mass is 16.3. The SMILES string of the molecule is Cc1ncc(CN(CCO)C(=O)Cc2ccc(C(C)C)cc2)[nH]1. The molecule has 5 heteroatoms. The van der Waals surface area contributed by atoms with E-state index in [1.54, 1.807) is 11.1 Å². The second-order valence-electron chi connectivity index (χ2n) is 6.11. The third-order valence-corrected chi connectivity index (χ3v) is 3.84. The summed E-state index contributed by atoms with van der Waals surface area (Å²) in [6.07, 6.45) is 2.07. The second-order valence-corrected chi connectivity index (χ2v) is 6.11. The summed E-state index contributed by atoms with van der Waals surface area (Å²) < 4.78 is 0. The quantitative estimate of drug-likeness (QED) is 0.824. The molecule has 0 saturated carbocycles. The van der Waals surface area contributed by atoms with E-state index in [2.05, 4.69) is 35.9 Å². The van der Waals surface area contributed by atoms with Gasteiger partial charge in [0.2, 0.25) is 5.91 Å². The second kappa shape index (κ2) is 7.92. The van der Waals surface area contributed by atoms with Gasteiger partial charge in [0.25, 0.3) is 0 Å². The number of aliphatic hydroxyl groups is 1. The third-order valence-electron chi connectivity index (χ3n) is 3.84. The zero-order chi connectivity index (χ0) is 16.8. The molecule has 0 atom stereocenters. The van der Waals surface area contributed by atoms with Crippen LogP contribution in [0.2, 0.25) is 0 Å². The van der Waals surface area contributed by atoms with Crippen LogP contribution in [-0.2, 0) is 17.8 Å². The number of amides is 1. The number of carbonyl (C=O) groups is 1. The molecule has 0 aliphatic rings. The number of aryl methyl sites for hydroxylation is 1. The number of H-pyrrole nitrogens is 1. The summed E-state index contributed by atoms with van der Waals surface area (Å²) >= 11 is 0. The lowest BCUT2D eigenvalue weighted by Crippen LogP contribution is -2.34. The number of nitrogens with zero attached hydrogens (tertiary/aromatic N) is 2.